The van der Waals surface area contributed by atoms with Gasteiger partial charge in [0.1, 0.15) is 23.2 Å². The lowest BCUT2D eigenvalue weighted by molar-refractivity contribution is 0.103. The van der Waals surface area contributed by atoms with E-state index in [1.54, 1.807) is 24.3 Å². The molecule has 0 amide bonds. The number of carbonyl (C=O) groups excluding carboxylic acids is 1. The summed E-state index contributed by atoms with van der Waals surface area (Å²) in [6, 6.07) is 11.9. The van der Waals surface area contributed by atoms with Crippen LogP contribution in [0.15, 0.2) is 64.0 Å². The zero-order valence-electron chi connectivity index (χ0n) is 10.3. The first kappa shape index (κ1) is 12.3. The summed E-state index contributed by atoms with van der Waals surface area (Å²) in [6.45, 7) is 0. The molecule has 2 aromatic carbocycles. The van der Waals surface area contributed by atoms with Gasteiger partial charge in [-0.1, -0.05) is 24.3 Å². The van der Waals surface area contributed by atoms with Crippen molar-refractivity contribution in [3.63, 3.8) is 0 Å². The number of hydrogen-bond donors (Lipinski definition) is 0. The van der Waals surface area contributed by atoms with Crippen molar-refractivity contribution in [1.29, 1.82) is 0 Å². The van der Waals surface area contributed by atoms with Crippen molar-refractivity contribution in [2.45, 2.75) is 0 Å². The summed E-state index contributed by atoms with van der Waals surface area (Å²) in [6.07, 6.45) is 1.12. The van der Waals surface area contributed by atoms with Crippen LogP contribution in [0.3, 0.4) is 0 Å². The minimum absolute atomic E-state index is 0.103. The highest BCUT2D eigenvalue weighted by molar-refractivity contribution is 6.09. The van der Waals surface area contributed by atoms with Crippen LogP contribution in [0, 0.1) is 5.82 Å². The Hall–Kier alpha value is -2.75. The van der Waals surface area contributed by atoms with Crippen LogP contribution in [0.4, 0.5) is 4.39 Å². The quantitative estimate of drug-likeness (QED) is 0.671. The fraction of sp³-hybridized carbons (Fsp3) is 0. The van der Waals surface area contributed by atoms with Crippen LogP contribution >= 0.6 is 0 Å². The summed E-state index contributed by atoms with van der Waals surface area (Å²) in [7, 11) is 0. The summed E-state index contributed by atoms with van der Waals surface area (Å²) < 4.78 is 18.4. The maximum absolute atomic E-state index is 13.1. The molecule has 0 saturated carbocycles. The highest BCUT2D eigenvalue weighted by Gasteiger charge is 2.16. The Bertz CT molecular complexity index is 865. The standard InChI is InChI=1S/C16H9FO3/c17-11-5-3-4-10(8-11)15(18)13-9-20-14-7-2-1-6-12(14)16(13)19/h1-9H. The van der Waals surface area contributed by atoms with Gasteiger partial charge in [-0.3, -0.25) is 9.59 Å². The maximum Gasteiger partial charge on any atom is 0.203 e. The second-order valence-corrected chi connectivity index (χ2v) is 4.31. The van der Waals surface area contributed by atoms with Crippen molar-refractivity contribution >= 4 is 16.8 Å². The monoisotopic (exact) mass is 268 g/mol. The van der Waals surface area contributed by atoms with Gasteiger partial charge >= 0.3 is 0 Å². The van der Waals surface area contributed by atoms with Crippen LogP contribution in [0.25, 0.3) is 11.0 Å². The topological polar surface area (TPSA) is 47.3 Å². The van der Waals surface area contributed by atoms with E-state index in [4.69, 9.17) is 4.42 Å². The van der Waals surface area contributed by atoms with Crippen molar-refractivity contribution < 1.29 is 13.6 Å². The molecule has 0 N–H and O–H groups in total. The van der Waals surface area contributed by atoms with Crippen LogP contribution in [0.5, 0.6) is 0 Å². The highest BCUT2D eigenvalue weighted by atomic mass is 19.1. The molecule has 0 spiro atoms. The second kappa shape index (κ2) is 4.74. The van der Waals surface area contributed by atoms with Gasteiger partial charge in [-0.25, -0.2) is 4.39 Å². The molecule has 1 heterocycles. The SMILES string of the molecule is O=C(c1cccc(F)c1)c1coc2ccccc2c1=O. The third kappa shape index (κ3) is 2.01. The van der Waals surface area contributed by atoms with Gasteiger partial charge in [0.15, 0.2) is 5.78 Å². The molecule has 4 heteroatoms. The van der Waals surface area contributed by atoms with Crippen LogP contribution in [-0.4, -0.2) is 5.78 Å². The van der Waals surface area contributed by atoms with E-state index in [2.05, 4.69) is 0 Å². The summed E-state index contributed by atoms with van der Waals surface area (Å²) in [5, 5.41) is 0.328. The third-order valence-electron chi connectivity index (χ3n) is 3.01. The van der Waals surface area contributed by atoms with E-state index in [1.165, 1.54) is 18.2 Å². The molecule has 0 radical (unpaired) electrons. The fourth-order valence-electron chi connectivity index (χ4n) is 2.02. The zero-order valence-corrected chi connectivity index (χ0v) is 10.3. The van der Waals surface area contributed by atoms with Crippen molar-refractivity contribution in [2.75, 3.05) is 0 Å². The summed E-state index contributed by atoms with van der Waals surface area (Å²) in [5.41, 5.74) is 0.0104. The van der Waals surface area contributed by atoms with Gasteiger partial charge in [0, 0.05) is 5.56 Å². The molecule has 1 aromatic heterocycles. The molecule has 3 rings (SSSR count). The molecular formula is C16H9FO3. The van der Waals surface area contributed by atoms with Crippen molar-refractivity contribution in [3.05, 3.63) is 82.0 Å². The summed E-state index contributed by atoms with van der Waals surface area (Å²) in [4.78, 5) is 24.5. The number of carbonyl (C=O) groups is 1. The van der Waals surface area contributed by atoms with E-state index in [9.17, 15) is 14.0 Å². The first-order valence-corrected chi connectivity index (χ1v) is 5.97. The molecule has 3 aromatic rings. The minimum atomic E-state index is -0.552. The van der Waals surface area contributed by atoms with Crippen molar-refractivity contribution in [2.24, 2.45) is 0 Å². The Morgan fingerprint density at radius 1 is 1.05 bits per heavy atom. The summed E-state index contributed by atoms with van der Waals surface area (Å²) >= 11 is 0. The normalized spacial score (nSPS) is 10.7. The molecule has 20 heavy (non-hydrogen) atoms. The van der Waals surface area contributed by atoms with Gasteiger partial charge < -0.3 is 4.42 Å². The zero-order chi connectivity index (χ0) is 14.1. The Morgan fingerprint density at radius 2 is 1.85 bits per heavy atom. The lowest BCUT2D eigenvalue weighted by Crippen LogP contribution is -2.15. The average Bonchev–Trinajstić information content (AvgIpc) is 2.47. The van der Waals surface area contributed by atoms with Crippen LogP contribution in [-0.2, 0) is 0 Å². The molecule has 0 aliphatic heterocycles. The first-order valence-electron chi connectivity index (χ1n) is 5.97. The Morgan fingerprint density at radius 3 is 2.65 bits per heavy atom. The lowest BCUT2D eigenvalue weighted by atomic mass is 10.0. The van der Waals surface area contributed by atoms with Crippen molar-refractivity contribution in [1.82, 2.24) is 0 Å². The molecule has 3 nitrogen and oxygen atoms in total. The number of benzene rings is 2. The van der Waals surface area contributed by atoms with Gasteiger partial charge in [-0.15, -0.1) is 0 Å². The summed E-state index contributed by atoms with van der Waals surface area (Å²) in [5.74, 6) is -1.08. The number of para-hydroxylation sites is 1. The third-order valence-corrected chi connectivity index (χ3v) is 3.01. The van der Waals surface area contributed by atoms with Crippen LogP contribution in [0.1, 0.15) is 15.9 Å². The van der Waals surface area contributed by atoms with Gasteiger partial charge in [-0.2, -0.15) is 0 Å². The number of ketones is 1. The Balaban J connectivity index is 2.18. The Kier molecular flexibility index (Phi) is 2.91. The molecule has 0 fully saturated rings. The molecule has 0 unspecified atom stereocenters. The van der Waals surface area contributed by atoms with E-state index in [-0.39, 0.29) is 11.1 Å². The van der Waals surface area contributed by atoms with Crippen LogP contribution in [0.2, 0.25) is 0 Å². The lowest BCUT2D eigenvalue weighted by Gasteiger charge is -2.02. The van der Waals surface area contributed by atoms with E-state index < -0.39 is 17.0 Å². The molecule has 0 saturated heterocycles. The molecule has 0 aliphatic rings. The Labute approximate surface area is 113 Å². The maximum atomic E-state index is 13.1. The number of halogens is 1. The van der Waals surface area contributed by atoms with Gasteiger partial charge in [0.2, 0.25) is 5.43 Å². The second-order valence-electron chi connectivity index (χ2n) is 4.31. The van der Waals surface area contributed by atoms with E-state index in [0.29, 0.717) is 11.0 Å². The predicted molar refractivity (Wildman–Crippen MR) is 72.3 cm³/mol. The molecular weight excluding hydrogens is 259 g/mol. The van der Waals surface area contributed by atoms with Gasteiger partial charge in [-0.05, 0) is 24.3 Å². The number of hydrogen-bond acceptors (Lipinski definition) is 3. The minimum Gasteiger partial charge on any atom is -0.463 e. The van der Waals surface area contributed by atoms with Crippen molar-refractivity contribution in [3.8, 4) is 0 Å². The van der Waals surface area contributed by atoms with E-state index in [1.807, 2.05) is 0 Å². The number of fused-ring (bicyclic) bond motifs is 1. The van der Waals surface area contributed by atoms with E-state index >= 15 is 0 Å². The average molecular weight is 268 g/mol. The fourth-order valence-corrected chi connectivity index (χ4v) is 2.02. The van der Waals surface area contributed by atoms with Gasteiger partial charge in [0.25, 0.3) is 0 Å². The van der Waals surface area contributed by atoms with E-state index in [0.717, 1.165) is 12.3 Å². The first-order chi connectivity index (χ1) is 9.66. The molecule has 0 atom stereocenters. The molecule has 0 aliphatic carbocycles. The van der Waals surface area contributed by atoms with Gasteiger partial charge in [0.05, 0.1) is 5.39 Å². The smallest absolute Gasteiger partial charge is 0.203 e. The largest absolute Gasteiger partial charge is 0.463 e. The molecule has 98 valence electrons. The molecule has 0 bridgehead atoms. The highest BCUT2D eigenvalue weighted by Crippen LogP contribution is 2.14. The number of rotatable bonds is 2. The predicted octanol–water partition coefficient (Wildman–Crippen LogP) is 3.16. The van der Waals surface area contributed by atoms with Crippen LogP contribution < -0.4 is 5.43 Å².